The zero-order chi connectivity index (χ0) is 15.7. The Morgan fingerprint density at radius 2 is 1.48 bits per heavy atom. The summed E-state index contributed by atoms with van der Waals surface area (Å²) in [6, 6.07) is 6.13. The van der Waals surface area contributed by atoms with Crippen molar-refractivity contribution in [2.45, 2.75) is 26.7 Å². The van der Waals surface area contributed by atoms with E-state index in [-0.39, 0.29) is 24.5 Å². The highest BCUT2D eigenvalue weighted by atomic mass is 16.6. The van der Waals surface area contributed by atoms with E-state index in [0.717, 1.165) is 0 Å². The molecule has 114 valence electrons. The molecule has 21 heavy (non-hydrogen) atoms. The number of hydrogen-bond donors (Lipinski definition) is 1. The lowest BCUT2D eigenvalue weighted by atomic mass is 10.1. The van der Waals surface area contributed by atoms with Gasteiger partial charge in [-0.2, -0.15) is 0 Å². The third kappa shape index (κ3) is 5.69. The fourth-order valence-corrected chi connectivity index (χ4v) is 1.48. The maximum Gasteiger partial charge on any atom is 0.345 e. The molecule has 0 aromatic heterocycles. The largest absolute Gasteiger partial charge is 0.508 e. The van der Waals surface area contributed by atoms with Gasteiger partial charge in [-0.1, -0.05) is 26.0 Å². The van der Waals surface area contributed by atoms with Crippen LogP contribution in [0.2, 0.25) is 0 Å². The number of hydrogen-bond acceptors (Lipinski definition) is 5. The number of carbonyl (C=O) groups excluding carboxylic acids is 2. The highest BCUT2D eigenvalue weighted by molar-refractivity contribution is 6.17. The molecule has 1 aromatic carbocycles. The Hall–Kier alpha value is -2.30. The molecule has 0 amide bonds. The molecule has 5 nitrogen and oxygen atoms in total. The third-order valence-electron chi connectivity index (χ3n) is 2.52. The average molecular weight is 292 g/mol. The Balaban J connectivity index is 2.96. The minimum atomic E-state index is -0.703. The van der Waals surface area contributed by atoms with E-state index in [1.165, 1.54) is 18.2 Å². The predicted molar refractivity (Wildman–Crippen MR) is 78.6 cm³/mol. The van der Waals surface area contributed by atoms with Crippen LogP contribution in [0, 0.1) is 0 Å². The molecule has 0 radical (unpaired) electrons. The van der Waals surface area contributed by atoms with Crippen molar-refractivity contribution < 1.29 is 24.2 Å². The van der Waals surface area contributed by atoms with Crippen molar-refractivity contribution in [2.75, 3.05) is 13.2 Å². The second-order valence-electron chi connectivity index (χ2n) is 4.42. The van der Waals surface area contributed by atoms with Gasteiger partial charge in [0.1, 0.15) is 11.3 Å². The summed E-state index contributed by atoms with van der Waals surface area (Å²) in [4.78, 5) is 23.9. The molecule has 0 spiro atoms. The van der Waals surface area contributed by atoms with Crippen LogP contribution in [0.5, 0.6) is 5.75 Å². The van der Waals surface area contributed by atoms with Crippen molar-refractivity contribution in [1.29, 1.82) is 0 Å². The Morgan fingerprint density at radius 1 is 1.00 bits per heavy atom. The van der Waals surface area contributed by atoms with E-state index in [0.29, 0.717) is 18.4 Å². The monoisotopic (exact) mass is 292 g/mol. The van der Waals surface area contributed by atoms with Gasteiger partial charge in [-0.3, -0.25) is 0 Å². The van der Waals surface area contributed by atoms with E-state index >= 15 is 0 Å². The number of aromatic hydroxyl groups is 1. The van der Waals surface area contributed by atoms with Crippen LogP contribution < -0.4 is 0 Å². The van der Waals surface area contributed by atoms with Crippen LogP contribution in [-0.4, -0.2) is 30.3 Å². The molecule has 1 N–H and O–H groups in total. The van der Waals surface area contributed by atoms with Crippen molar-refractivity contribution in [3.63, 3.8) is 0 Å². The zero-order valence-corrected chi connectivity index (χ0v) is 12.3. The summed E-state index contributed by atoms with van der Waals surface area (Å²) in [7, 11) is 0. The molecular weight excluding hydrogens is 272 g/mol. The maximum atomic E-state index is 11.9. The first kappa shape index (κ1) is 16.8. The smallest absolute Gasteiger partial charge is 0.345 e. The number of phenols is 1. The van der Waals surface area contributed by atoms with Crippen LogP contribution in [-0.2, 0) is 19.1 Å². The minimum absolute atomic E-state index is 0.107. The predicted octanol–water partition coefficient (Wildman–Crippen LogP) is 2.68. The Kier molecular flexibility index (Phi) is 7.01. The highest BCUT2D eigenvalue weighted by Gasteiger charge is 2.21. The van der Waals surface area contributed by atoms with Gasteiger partial charge in [-0.15, -0.1) is 0 Å². The van der Waals surface area contributed by atoms with Gasteiger partial charge in [0.15, 0.2) is 0 Å². The standard InChI is InChI=1S/C16H20O5/c1-3-9-20-15(18)14(16(19)21-10-4-2)11-12-5-7-13(17)8-6-12/h5-8,11,17H,3-4,9-10H2,1-2H3. The number of benzene rings is 1. The number of rotatable bonds is 7. The fourth-order valence-electron chi connectivity index (χ4n) is 1.48. The molecular formula is C16H20O5. The normalized spacial score (nSPS) is 9.81. The molecule has 0 bridgehead atoms. The fraction of sp³-hybridized carbons (Fsp3) is 0.375. The number of phenolic OH excluding ortho intramolecular Hbond substituents is 1. The Labute approximate surface area is 124 Å². The lowest BCUT2D eigenvalue weighted by molar-refractivity contribution is -0.147. The Morgan fingerprint density at radius 3 is 1.90 bits per heavy atom. The van der Waals surface area contributed by atoms with Gasteiger partial charge in [0.25, 0.3) is 0 Å². The molecule has 1 aromatic rings. The summed E-state index contributed by atoms with van der Waals surface area (Å²) >= 11 is 0. The topological polar surface area (TPSA) is 72.8 Å². The van der Waals surface area contributed by atoms with E-state index in [4.69, 9.17) is 9.47 Å². The number of esters is 2. The van der Waals surface area contributed by atoms with E-state index < -0.39 is 11.9 Å². The summed E-state index contributed by atoms with van der Waals surface area (Å²) in [5.41, 5.74) is 0.451. The van der Waals surface area contributed by atoms with Crippen LogP contribution >= 0.6 is 0 Å². The van der Waals surface area contributed by atoms with Crippen LogP contribution in [0.3, 0.4) is 0 Å². The SMILES string of the molecule is CCCOC(=O)C(=Cc1ccc(O)cc1)C(=O)OCCC. The molecule has 0 aliphatic heterocycles. The first-order valence-electron chi connectivity index (χ1n) is 6.93. The van der Waals surface area contributed by atoms with Gasteiger partial charge >= 0.3 is 11.9 Å². The minimum Gasteiger partial charge on any atom is -0.508 e. The van der Waals surface area contributed by atoms with E-state index in [1.54, 1.807) is 12.1 Å². The van der Waals surface area contributed by atoms with Crippen LogP contribution in [0.1, 0.15) is 32.3 Å². The van der Waals surface area contributed by atoms with Crippen LogP contribution in [0.4, 0.5) is 0 Å². The van der Waals surface area contributed by atoms with Gasteiger partial charge in [0.05, 0.1) is 13.2 Å². The first-order chi connectivity index (χ1) is 10.1. The van der Waals surface area contributed by atoms with Gasteiger partial charge in [-0.05, 0) is 36.6 Å². The maximum absolute atomic E-state index is 11.9. The zero-order valence-electron chi connectivity index (χ0n) is 12.3. The quantitative estimate of drug-likeness (QED) is 0.362. The van der Waals surface area contributed by atoms with Crippen LogP contribution in [0.15, 0.2) is 29.8 Å². The molecule has 0 unspecified atom stereocenters. The van der Waals surface area contributed by atoms with Crippen molar-refractivity contribution in [1.82, 2.24) is 0 Å². The molecule has 5 heteroatoms. The molecule has 0 aliphatic carbocycles. The van der Waals surface area contributed by atoms with Gasteiger partial charge < -0.3 is 14.6 Å². The van der Waals surface area contributed by atoms with E-state index in [2.05, 4.69) is 0 Å². The molecule has 0 atom stereocenters. The van der Waals surface area contributed by atoms with Gasteiger partial charge in [-0.25, -0.2) is 9.59 Å². The van der Waals surface area contributed by atoms with Crippen molar-refractivity contribution in [3.05, 3.63) is 35.4 Å². The van der Waals surface area contributed by atoms with E-state index in [9.17, 15) is 14.7 Å². The molecule has 0 aliphatic rings. The summed E-state index contributed by atoms with van der Waals surface area (Å²) in [5.74, 6) is -1.30. The highest BCUT2D eigenvalue weighted by Crippen LogP contribution is 2.14. The molecule has 0 fully saturated rings. The Bertz CT molecular complexity index is 480. The summed E-state index contributed by atoms with van der Waals surface area (Å²) in [6.07, 6.45) is 2.74. The molecule has 0 saturated carbocycles. The van der Waals surface area contributed by atoms with Gasteiger partial charge in [0.2, 0.25) is 0 Å². The molecule has 0 saturated heterocycles. The van der Waals surface area contributed by atoms with Crippen molar-refractivity contribution >= 4 is 18.0 Å². The van der Waals surface area contributed by atoms with Gasteiger partial charge in [0, 0.05) is 0 Å². The van der Waals surface area contributed by atoms with E-state index in [1.807, 2.05) is 13.8 Å². The average Bonchev–Trinajstić information content (AvgIpc) is 2.49. The number of ether oxygens (including phenoxy) is 2. The van der Waals surface area contributed by atoms with Crippen molar-refractivity contribution in [3.8, 4) is 5.75 Å². The summed E-state index contributed by atoms with van der Waals surface area (Å²) in [5, 5.41) is 9.24. The summed E-state index contributed by atoms with van der Waals surface area (Å²) in [6.45, 7) is 4.22. The van der Waals surface area contributed by atoms with Crippen molar-refractivity contribution in [2.24, 2.45) is 0 Å². The number of carbonyl (C=O) groups is 2. The second kappa shape index (κ2) is 8.79. The molecule has 0 heterocycles. The lowest BCUT2D eigenvalue weighted by Gasteiger charge is -2.08. The van der Waals surface area contributed by atoms with Crippen LogP contribution in [0.25, 0.3) is 6.08 Å². The third-order valence-corrected chi connectivity index (χ3v) is 2.52. The summed E-state index contributed by atoms with van der Waals surface area (Å²) < 4.78 is 9.99. The second-order valence-corrected chi connectivity index (χ2v) is 4.42. The first-order valence-corrected chi connectivity index (χ1v) is 6.93. The molecule has 1 rings (SSSR count). The lowest BCUT2D eigenvalue weighted by Crippen LogP contribution is -2.19.